The summed E-state index contributed by atoms with van der Waals surface area (Å²) in [4.78, 5) is 1.38. The first kappa shape index (κ1) is 10.4. The highest BCUT2D eigenvalue weighted by molar-refractivity contribution is 8.03. The van der Waals surface area contributed by atoms with Crippen molar-refractivity contribution in [1.82, 2.24) is 0 Å². The third-order valence-electron chi connectivity index (χ3n) is 1.67. The molecule has 0 aliphatic carbocycles. The van der Waals surface area contributed by atoms with Gasteiger partial charge in [-0.05, 0) is 30.1 Å². The molecule has 0 fully saturated rings. The molecule has 74 valence electrons. The molecule has 0 radical (unpaired) electrons. The van der Waals surface area contributed by atoms with Crippen LogP contribution in [0.25, 0.3) is 0 Å². The van der Waals surface area contributed by atoms with Crippen LogP contribution in [-0.4, -0.2) is 7.11 Å². The normalized spacial score (nSPS) is 10.4. The molecule has 0 saturated carbocycles. The number of ether oxygens (including phenoxy) is 1. The molecule has 0 N–H and O–H groups in total. The monoisotopic (exact) mass is 261 g/mol. The number of rotatable bonds is 3. The molecule has 2 aromatic heterocycles. The Bertz CT molecular complexity index is 418. The molecule has 0 aliphatic rings. The maximum atomic E-state index is 5.27. The average Bonchev–Trinajstić information content (AvgIpc) is 2.77. The van der Waals surface area contributed by atoms with E-state index in [9.17, 15) is 0 Å². The van der Waals surface area contributed by atoms with Crippen LogP contribution in [-0.2, 0) is 0 Å². The Morgan fingerprint density at radius 1 is 1.43 bits per heavy atom. The molecule has 0 unspecified atom stereocenters. The summed E-state index contributed by atoms with van der Waals surface area (Å²) in [5.41, 5.74) is 0. The highest BCUT2D eigenvalue weighted by atomic mass is 32.2. The molecule has 0 saturated heterocycles. The molecule has 0 aliphatic heterocycles. The lowest BCUT2D eigenvalue weighted by Crippen LogP contribution is -1.79. The van der Waals surface area contributed by atoms with Crippen molar-refractivity contribution in [2.75, 3.05) is 7.11 Å². The fourth-order valence-electron chi connectivity index (χ4n) is 0.961. The van der Waals surface area contributed by atoms with Crippen molar-refractivity contribution in [2.45, 2.75) is 15.3 Å². The molecular weight excluding hydrogens is 252 g/mol. The SMILES string of the molecule is COc1ccsc1Sc1[s+]csc1C. The van der Waals surface area contributed by atoms with Crippen molar-refractivity contribution in [3.05, 3.63) is 21.0 Å². The number of hydrogen-bond acceptors (Lipinski definition) is 4. The summed E-state index contributed by atoms with van der Waals surface area (Å²) in [6.45, 7) is 2.16. The molecule has 0 atom stereocenters. The summed E-state index contributed by atoms with van der Waals surface area (Å²) in [5.74, 6) is 0.984. The van der Waals surface area contributed by atoms with Gasteiger partial charge < -0.3 is 4.74 Å². The maximum absolute atomic E-state index is 5.27. The summed E-state index contributed by atoms with van der Waals surface area (Å²) in [5, 5.41) is 2.06. The number of thiophene rings is 1. The molecule has 5 heteroatoms. The Balaban J connectivity index is 2.22. The summed E-state index contributed by atoms with van der Waals surface area (Å²) < 4.78 is 10.0. The minimum Gasteiger partial charge on any atom is -0.495 e. The van der Waals surface area contributed by atoms with Gasteiger partial charge in [0.25, 0.3) is 0 Å². The molecule has 0 amide bonds. The Morgan fingerprint density at radius 2 is 2.29 bits per heavy atom. The number of aryl methyl sites for hydroxylation is 1. The van der Waals surface area contributed by atoms with Crippen molar-refractivity contribution >= 4 is 45.8 Å². The second-order valence-corrected chi connectivity index (χ2v) is 7.27. The largest absolute Gasteiger partial charge is 0.495 e. The summed E-state index contributed by atoms with van der Waals surface area (Å²) in [6.07, 6.45) is 0. The Morgan fingerprint density at radius 3 is 2.93 bits per heavy atom. The van der Waals surface area contributed by atoms with Gasteiger partial charge in [-0.25, -0.2) is 0 Å². The highest BCUT2D eigenvalue weighted by Crippen LogP contribution is 2.43. The predicted octanol–water partition coefficient (Wildman–Crippen LogP) is 4.62. The smallest absolute Gasteiger partial charge is 0.243 e. The zero-order valence-corrected chi connectivity index (χ0v) is 11.0. The van der Waals surface area contributed by atoms with E-state index in [1.165, 1.54) is 13.3 Å². The molecular formula is C9H9OS4+. The second-order valence-electron chi connectivity index (χ2n) is 2.55. The van der Waals surface area contributed by atoms with E-state index >= 15 is 0 Å². The van der Waals surface area contributed by atoms with E-state index in [-0.39, 0.29) is 0 Å². The molecule has 2 heterocycles. The second kappa shape index (κ2) is 4.61. The predicted molar refractivity (Wildman–Crippen MR) is 66.3 cm³/mol. The van der Waals surface area contributed by atoms with Crippen molar-refractivity contribution < 1.29 is 4.74 Å². The Hall–Kier alpha value is -0.100. The van der Waals surface area contributed by atoms with Crippen LogP contribution in [0, 0.1) is 6.92 Å². The van der Waals surface area contributed by atoms with Crippen LogP contribution in [0.2, 0.25) is 0 Å². The molecule has 0 spiro atoms. The van der Waals surface area contributed by atoms with Gasteiger partial charge in [0.2, 0.25) is 8.90 Å². The molecule has 0 bridgehead atoms. The van der Waals surface area contributed by atoms with Crippen LogP contribution in [0.15, 0.2) is 24.6 Å². The van der Waals surface area contributed by atoms with Crippen LogP contribution in [0.1, 0.15) is 4.88 Å². The van der Waals surface area contributed by atoms with Crippen molar-refractivity contribution in [2.24, 2.45) is 0 Å². The highest BCUT2D eigenvalue weighted by Gasteiger charge is 2.16. The van der Waals surface area contributed by atoms with E-state index in [1.54, 1.807) is 52.9 Å². The third-order valence-corrected chi connectivity index (χ3v) is 6.42. The van der Waals surface area contributed by atoms with Gasteiger partial charge in [0.05, 0.1) is 29.8 Å². The maximum Gasteiger partial charge on any atom is 0.243 e. The standard InChI is InChI=1S/C9H9OS4/c1-6-8(13-5-12-6)14-9-7(10-2)3-4-11-9/h3-5H,1-2H3/q+1. The van der Waals surface area contributed by atoms with E-state index in [2.05, 4.69) is 17.0 Å². The van der Waals surface area contributed by atoms with Gasteiger partial charge in [-0.3, -0.25) is 0 Å². The molecule has 1 nitrogen and oxygen atoms in total. The van der Waals surface area contributed by atoms with Crippen LogP contribution >= 0.6 is 45.8 Å². The van der Waals surface area contributed by atoms with Gasteiger partial charge in [0, 0.05) is 0 Å². The van der Waals surface area contributed by atoms with Gasteiger partial charge in [0.15, 0.2) is 4.88 Å². The van der Waals surface area contributed by atoms with Crippen LogP contribution in [0.5, 0.6) is 5.75 Å². The molecule has 2 aromatic rings. The quantitative estimate of drug-likeness (QED) is 0.746. The first-order valence-electron chi connectivity index (χ1n) is 3.96. The zero-order valence-electron chi connectivity index (χ0n) is 7.77. The third kappa shape index (κ3) is 2.11. The van der Waals surface area contributed by atoms with Crippen molar-refractivity contribution in [3.8, 4) is 5.75 Å². The van der Waals surface area contributed by atoms with Crippen molar-refractivity contribution in [1.29, 1.82) is 0 Å². The van der Waals surface area contributed by atoms with Crippen LogP contribution < -0.4 is 4.74 Å². The molecule has 14 heavy (non-hydrogen) atoms. The fourth-order valence-corrected chi connectivity index (χ4v) is 5.61. The minimum atomic E-state index is 0.984. The van der Waals surface area contributed by atoms with Crippen LogP contribution in [0.4, 0.5) is 0 Å². The topological polar surface area (TPSA) is 9.23 Å². The van der Waals surface area contributed by atoms with Gasteiger partial charge in [-0.15, -0.1) is 11.3 Å². The van der Waals surface area contributed by atoms with E-state index in [0.717, 1.165) is 5.75 Å². The minimum absolute atomic E-state index is 0.984. The van der Waals surface area contributed by atoms with Gasteiger partial charge >= 0.3 is 0 Å². The molecule has 2 rings (SSSR count). The van der Waals surface area contributed by atoms with E-state index in [4.69, 9.17) is 4.74 Å². The Kier molecular flexibility index (Phi) is 3.43. The average molecular weight is 261 g/mol. The van der Waals surface area contributed by atoms with E-state index < -0.39 is 0 Å². The number of methoxy groups -OCH3 is 1. The van der Waals surface area contributed by atoms with Gasteiger partial charge in [-0.2, -0.15) is 0 Å². The van der Waals surface area contributed by atoms with E-state index in [1.807, 2.05) is 6.07 Å². The number of hydrogen-bond donors (Lipinski definition) is 0. The summed E-state index contributed by atoms with van der Waals surface area (Å²) >= 11 is 7.13. The lowest BCUT2D eigenvalue weighted by atomic mass is 10.6. The summed E-state index contributed by atoms with van der Waals surface area (Å²) in [7, 11) is 1.72. The summed E-state index contributed by atoms with van der Waals surface area (Å²) in [6, 6.07) is 2.01. The van der Waals surface area contributed by atoms with Crippen molar-refractivity contribution in [3.63, 3.8) is 0 Å². The first-order valence-corrected chi connectivity index (χ1v) is 7.42. The van der Waals surface area contributed by atoms with E-state index in [0.29, 0.717) is 0 Å². The lowest BCUT2D eigenvalue weighted by molar-refractivity contribution is 0.408. The van der Waals surface area contributed by atoms with Crippen LogP contribution in [0.3, 0.4) is 0 Å². The zero-order chi connectivity index (χ0) is 9.97. The van der Waals surface area contributed by atoms with Gasteiger partial charge in [0.1, 0.15) is 9.96 Å². The fraction of sp³-hybridized carbons (Fsp3) is 0.222. The molecule has 0 aromatic carbocycles. The van der Waals surface area contributed by atoms with Gasteiger partial charge in [-0.1, -0.05) is 0 Å². The Labute approximate surface area is 99.4 Å². The first-order chi connectivity index (χ1) is 6.81. The lowest BCUT2D eigenvalue weighted by Gasteiger charge is -1.97.